The topological polar surface area (TPSA) is 90.3 Å². The molecule has 0 spiro atoms. The van der Waals surface area contributed by atoms with Crippen molar-refractivity contribution in [3.05, 3.63) is 72.1 Å². The van der Waals surface area contributed by atoms with Crippen molar-refractivity contribution in [1.82, 2.24) is 9.55 Å². The van der Waals surface area contributed by atoms with Crippen LogP contribution in [0.25, 0.3) is 0 Å². The Labute approximate surface area is 180 Å². The van der Waals surface area contributed by atoms with Gasteiger partial charge in [-0.2, -0.15) is 0 Å². The minimum atomic E-state index is -3.39. The average molecular weight is 446 g/mol. The van der Waals surface area contributed by atoms with Crippen LogP contribution in [-0.4, -0.2) is 42.7 Å². The third-order valence-electron chi connectivity index (χ3n) is 4.34. The molecular formula is C21H23N3O4S2. The Morgan fingerprint density at radius 3 is 2.67 bits per heavy atom. The normalized spacial score (nSPS) is 11.3. The molecular weight excluding hydrogens is 422 g/mol. The molecule has 0 saturated heterocycles. The molecule has 0 fully saturated rings. The van der Waals surface area contributed by atoms with Crippen molar-refractivity contribution in [3.8, 4) is 0 Å². The molecule has 158 valence electrons. The molecule has 3 rings (SSSR count). The van der Waals surface area contributed by atoms with Gasteiger partial charge in [0.1, 0.15) is 6.61 Å². The number of nitrogens with zero attached hydrogens (tertiary/aromatic N) is 2. The average Bonchev–Trinajstić information content (AvgIpc) is 3.17. The highest BCUT2D eigenvalue weighted by atomic mass is 32.2. The molecule has 1 heterocycles. The zero-order valence-corrected chi connectivity index (χ0v) is 18.4. The zero-order chi connectivity index (χ0) is 21.6. The molecule has 1 N–H and O–H groups in total. The summed E-state index contributed by atoms with van der Waals surface area (Å²) in [6.45, 7) is 2.68. The third-order valence-corrected chi connectivity index (χ3v) is 6.47. The third kappa shape index (κ3) is 5.87. The molecule has 0 bridgehead atoms. The summed E-state index contributed by atoms with van der Waals surface area (Å²) in [5.74, 6) is 0.603. The molecule has 0 radical (unpaired) electrons. The van der Waals surface area contributed by atoms with E-state index in [2.05, 4.69) is 10.3 Å². The minimum absolute atomic E-state index is 0.0535. The number of benzene rings is 2. The Morgan fingerprint density at radius 1 is 1.17 bits per heavy atom. The van der Waals surface area contributed by atoms with E-state index < -0.39 is 15.9 Å². The standard InChI is InChI=1S/C21H23N3O4S2/c1-16-17(15-24-12-11-22-20(24)30(2,26)27)7-6-10-19(16)29-14-13-28-21(25)23-18-8-4-3-5-9-18/h3-12H,13-15H2,1-2H3,(H,23,25). The van der Waals surface area contributed by atoms with Crippen LogP contribution in [0.5, 0.6) is 0 Å². The fraction of sp³-hybridized carbons (Fsp3) is 0.238. The molecule has 0 atom stereocenters. The maximum Gasteiger partial charge on any atom is 0.411 e. The first-order chi connectivity index (χ1) is 14.3. The van der Waals surface area contributed by atoms with Gasteiger partial charge >= 0.3 is 6.09 Å². The van der Waals surface area contributed by atoms with Crippen molar-refractivity contribution in [1.29, 1.82) is 0 Å². The maximum atomic E-state index is 11.9. The van der Waals surface area contributed by atoms with Gasteiger partial charge in [0, 0.05) is 35.0 Å². The second-order valence-electron chi connectivity index (χ2n) is 6.63. The van der Waals surface area contributed by atoms with Crippen molar-refractivity contribution in [2.75, 3.05) is 23.9 Å². The van der Waals surface area contributed by atoms with E-state index >= 15 is 0 Å². The maximum absolute atomic E-state index is 11.9. The van der Waals surface area contributed by atoms with Crippen LogP contribution < -0.4 is 5.32 Å². The number of nitrogens with one attached hydrogen (secondary N) is 1. The Balaban J connectivity index is 1.55. The number of carbonyl (C=O) groups excluding carboxylic acids is 1. The van der Waals surface area contributed by atoms with Gasteiger partial charge in [-0.1, -0.05) is 30.3 Å². The van der Waals surface area contributed by atoms with Crippen molar-refractivity contribution in [2.24, 2.45) is 0 Å². The van der Waals surface area contributed by atoms with E-state index in [9.17, 15) is 13.2 Å². The fourth-order valence-corrected chi connectivity index (χ4v) is 4.59. The first-order valence-electron chi connectivity index (χ1n) is 9.26. The quantitative estimate of drug-likeness (QED) is 0.417. The summed E-state index contributed by atoms with van der Waals surface area (Å²) in [7, 11) is -3.39. The highest BCUT2D eigenvalue weighted by molar-refractivity contribution is 7.99. The van der Waals surface area contributed by atoms with Crippen LogP contribution in [0.1, 0.15) is 11.1 Å². The number of carbonyl (C=O) groups is 1. The molecule has 30 heavy (non-hydrogen) atoms. The summed E-state index contributed by atoms with van der Waals surface area (Å²) in [6, 6.07) is 15.0. The number of hydrogen-bond donors (Lipinski definition) is 1. The molecule has 9 heteroatoms. The van der Waals surface area contributed by atoms with Crippen molar-refractivity contribution in [3.63, 3.8) is 0 Å². The van der Waals surface area contributed by atoms with Crippen LogP contribution >= 0.6 is 11.8 Å². The SMILES string of the molecule is Cc1c(Cn2ccnc2S(C)(=O)=O)cccc1SCCOC(=O)Nc1ccccc1. The Kier molecular flexibility index (Phi) is 7.17. The Hall–Kier alpha value is -2.78. The number of para-hydroxylation sites is 1. The summed E-state index contributed by atoms with van der Waals surface area (Å²) in [4.78, 5) is 16.8. The molecule has 2 aromatic carbocycles. The number of amides is 1. The summed E-state index contributed by atoms with van der Waals surface area (Å²) >= 11 is 1.58. The van der Waals surface area contributed by atoms with Gasteiger partial charge in [-0.05, 0) is 36.2 Å². The van der Waals surface area contributed by atoms with E-state index in [0.29, 0.717) is 18.0 Å². The molecule has 0 saturated carbocycles. The smallest absolute Gasteiger partial charge is 0.411 e. The fourth-order valence-electron chi connectivity index (χ4n) is 2.88. The lowest BCUT2D eigenvalue weighted by atomic mass is 10.1. The number of thioether (sulfide) groups is 1. The van der Waals surface area contributed by atoms with E-state index in [-0.39, 0.29) is 11.8 Å². The van der Waals surface area contributed by atoms with E-state index in [1.165, 1.54) is 6.20 Å². The highest BCUT2D eigenvalue weighted by Gasteiger charge is 2.15. The van der Waals surface area contributed by atoms with Crippen LogP contribution in [0.3, 0.4) is 0 Å². The van der Waals surface area contributed by atoms with Gasteiger partial charge in [0.15, 0.2) is 0 Å². The lowest BCUT2D eigenvalue weighted by Crippen LogP contribution is -2.15. The Morgan fingerprint density at radius 2 is 1.93 bits per heavy atom. The number of imidazole rings is 1. The number of ether oxygens (including phenoxy) is 1. The number of sulfone groups is 1. The summed E-state index contributed by atoms with van der Waals surface area (Å²) in [5.41, 5.74) is 2.75. The summed E-state index contributed by atoms with van der Waals surface area (Å²) < 4.78 is 30.6. The van der Waals surface area contributed by atoms with E-state index in [0.717, 1.165) is 22.3 Å². The largest absolute Gasteiger partial charge is 0.448 e. The van der Waals surface area contributed by atoms with Gasteiger partial charge in [0.2, 0.25) is 15.0 Å². The first-order valence-corrected chi connectivity index (χ1v) is 12.1. The Bertz CT molecular complexity index is 1110. The molecule has 1 amide bonds. The van der Waals surface area contributed by atoms with Crippen LogP contribution in [0, 0.1) is 6.92 Å². The van der Waals surface area contributed by atoms with Crippen molar-refractivity contribution in [2.45, 2.75) is 23.5 Å². The summed E-state index contributed by atoms with van der Waals surface area (Å²) in [6.07, 6.45) is 3.82. The predicted molar refractivity (Wildman–Crippen MR) is 118 cm³/mol. The molecule has 1 aromatic heterocycles. The van der Waals surface area contributed by atoms with Crippen LogP contribution in [0.15, 0.2) is 71.0 Å². The number of aromatic nitrogens is 2. The molecule has 0 unspecified atom stereocenters. The lowest BCUT2D eigenvalue weighted by Gasteiger charge is -2.13. The van der Waals surface area contributed by atoms with Gasteiger partial charge in [0.25, 0.3) is 0 Å². The van der Waals surface area contributed by atoms with Gasteiger partial charge in [-0.25, -0.2) is 18.2 Å². The van der Waals surface area contributed by atoms with Crippen molar-refractivity contribution < 1.29 is 17.9 Å². The van der Waals surface area contributed by atoms with E-state index in [1.54, 1.807) is 34.7 Å². The first kappa shape index (κ1) is 21.9. The number of hydrogen-bond acceptors (Lipinski definition) is 6. The monoisotopic (exact) mass is 445 g/mol. The van der Waals surface area contributed by atoms with Gasteiger partial charge < -0.3 is 9.30 Å². The highest BCUT2D eigenvalue weighted by Crippen LogP contribution is 2.26. The van der Waals surface area contributed by atoms with E-state index in [4.69, 9.17) is 4.74 Å². The second-order valence-corrected chi connectivity index (χ2v) is 9.67. The van der Waals surface area contributed by atoms with E-state index in [1.807, 2.05) is 43.3 Å². The molecule has 0 aliphatic heterocycles. The van der Waals surface area contributed by atoms with Gasteiger partial charge in [-0.15, -0.1) is 11.8 Å². The molecule has 0 aliphatic carbocycles. The molecule has 3 aromatic rings. The zero-order valence-electron chi connectivity index (χ0n) is 16.7. The van der Waals surface area contributed by atoms with Crippen molar-refractivity contribution >= 4 is 33.4 Å². The summed E-state index contributed by atoms with van der Waals surface area (Å²) in [5, 5.41) is 2.73. The number of rotatable bonds is 8. The minimum Gasteiger partial charge on any atom is -0.448 e. The predicted octanol–water partition coefficient (Wildman–Crippen LogP) is 3.98. The lowest BCUT2D eigenvalue weighted by molar-refractivity contribution is 0.169. The molecule has 0 aliphatic rings. The van der Waals surface area contributed by atoms with Gasteiger partial charge in [0.05, 0.1) is 6.54 Å². The van der Waals surface area contributed by atoms with Crippen LogP contribution in [0.2, 0.25) is 0 Å². The number of anilines is 1. The van der Waals surface area contributed by atoms with Crippen LogP contribution in [0.4, 0.5) is 10.5 Å². The van der Waals surface area contributed by atoms with Crippen LogP contribution in [-0.2, 0) is 21.1 Å². The molecule has 7 nitrogen and oxygen atoms in total. The second kappa shape index (κ2) is 9.82. The van der Waals surface area contributed by atoms with Gasteiger partial charge in [-0.3, -0.25) is 5.32 Å².